The number of benzene rings is 1. The molecule has 29 heavy (non-hydrogen) atoms. The van der Waals surface area contributed by atoms with Crippen molar-refractivity contribution in [2.24, 2.45) is 4.99 Å². The summed E-state index contributed by atoms with van der Waals surface area (Å²) in [6.07, 6.45) is 5.43. The number of nitrogens with zero attached hydrogens (tertiary/aromatic N) is 3. The molecular weight excluding hydrogens is 421 g/mol. The van der Waals surface area contributed by atoms with Gasteiger partial charge in [-0.25, -0.2) is 0 Å². The molecule has 2 rings (SSSR count). The van der Waals surface area contributed by atoms with Crippen LogP contribution in [-0.4, -0.2) is 47.2 Å². The summed E-state index contributed by atoms with van der Waals surface area (Å²) >= 11 is 13.9. The second kappa shape index (κ2) is 11.8. The molecule has 1 aromatic rings. The molecule has 0 N–H and O–H groups in total. The van der Waals surface area contributed by atoms with Crippen LogP contribution in [0, 0.1) is 0 Å². The Morgan fingerprint density at radius 2 is 1.93 bits per heavy atom. The second-order valence-corrected chi connectivity index (χ2v) is 9.30. The first-order valence-corrected chi connectivity index (χ1v) is 11.6. The monoisotopic (exact) mass is 451 g/mol. The van der Waals surface area contributed by atoms with E-state index < -0.39 is 0 Å². The summed E-state index contributed by atoms with van der Waals surface area (Å²) in [5.74, 6) is 0.555. The molecule has 0 aliphatic carbocycles. The van der Waals surface area contributed by atoms with E-state index in [1.165, 1.54) is 11.1 Å². The zero-order valence-electron chi connectivity index (χ0n) is 17.7. The van der Waals surface area contributed by atoms with Gasteiger partial charge in [-0.15, -0.1) is 11.6 Å². The summed E-state index contributed by atoms with van der Waals surface area (Å²) in [5, 5.41) is 1.70. The minimum atomic E-state index is 0.421. The second-order valence-electron chi connectivity index (χ2n) is 7.38. The number of piperazine rings is 1. The summed E-state index contributed by atoms with van der Waals surface area (Å²) in [7, 11) is 1.86. The Labute approximate surface area is 190 Å². The Bertz CT molecular complexity index is 776. The molecule has 0 amide bonds. The molecule has 1 heterocycles. The molecule has 0 radical (unpaired) electrons. The zero-order chi connectivity index (χ0) is 21.4. The van der Waals surface area contributed by atoms with E-state index in [1.54, 1.807) is 23.9 Å². The summed E-state index contributed by atoms with van der Waals surface area (Å²) in [5.41, 5.74) is 2.49. The smallest absolute Gasteiger partial charge is 0.163 e. The van der Waals surface area contributed by atoms with Crippen molar-refractivity contribution in [1.82, 2.24) is 9.80 Å². The molecule has 0 bridgehead atoms. The van der Waals surface area contributed by atoms with Crippen LogP contribution in [-0.2, 0) is 12.4 Å². The minimum Gasteiger partial charge on any atom is -0.348 e. The molecule has 0 aromatic heterocycles. The van der Waals surface area contributed by atoms with Crippen LogP contribution >= 0.6 is 35.0 Å². The highest BCUT2D eigenvalue weighted by atomic mass is 35.5. The van der Waals surface area contributed by atoms with Crippen molar-refractivity contribution >= 4 is 40.1 Å². The number of hydrogen-bond donors (Lipinski definition) is 0. The Morgan fingerprint density at radius 3 is 2.52 bits per heavy atom. The highest BCUT2D eigenvalue weighted by Crippen LogP contribution is 2.26. The van der Waals surface area contributed by atoms with Crippen molar-refractivity contribution in [1.29, 1.82) is 0 Å². The van der Waals surface area contributed by atoms with Crippen molar-refractivity contribution < 1.29 is 0 Å². The van der Waals surface area contributed by atoms with Gasteiger partial charge < -0.3 is 4.90 Å². The maximum Gasteiger partial charge on any atom is 0.163 e. The van der Waals surface area contributed by atoms with Gasteiger partial charge in [0.15, 0.2) is 5.17 Å². The normalized spacial score (nSPS) is 22.1. The SMILES string of the molecule is C=C/C=C(Cl)\C=C(/C)SC(=NC)N1CC(C)N(Cc2cccc(CCl)c2)C(C)C1. The van der Waals surface area contributed by atoms with Gasteiger partial charge in [0.25, 0.3) is 0 Å². The van der Waals surface area contributed by atoms with Crippen molar-refractivity contribution in [3.63, 3.8) is 0 Å². The first kappa shape index (κ1) is 24.1. The third kappa shape index (κ3) is 7.21. The molecule has 1 saturated heterocycles. The van der Waals surface area contributed by atoms with Crippen LogP contribution in [0.1, 0.15) is 31.9 Å². The summed E-state index contributed by atoms with van der Waals surface area (Å²) in [6.45, 7) is 13.2. The molecule has 1 aromatic carbocycles. The fourth-order valence-electron chi connectivity index (χ4n) is 3.63. The maximum atomic E-state index is 6.18. The van der Waals surface area contributed by atoms with Crippen molar-refractivity contribution in [3.8, 4) is 0 Å². The van der Waals surface area contributed by atoms with Gasteiger partial charge in [-0.3, -0.25) is 9.89 Å². The number of halogens is 2. The molecular formula is C23H31Cl2N3S. The first-order chi connectivity index (χ1) is 13.9. The van der Waals surface area contributed by atoms with Gasteiger partial charge in [0, 0.05) is 49.7 Å². The predicted molar refractivity (Wildman–Crippen MR) is 131 cm³/mol. The quantitative estimate of drug-likeness (QED) is 0.220. The van der Waals surface area contributed by atoms with E-state index in [9.17, 15) is 0 Å². The van der Waals surface area contributed by atoms with Gasteiger partial charge in [0.2, 0.25) is 0 Å². The molecule has 1 aliphatic rings. The van der Waals surface area contributed by atoms with E-state index in [4.69, 9.17) is 23.2 Å². The standard InChI is InChI=1S/C23H31Cl2N3S/c1-6-8-22(25)11-19(4)29-23(26-5)27-14-17(2)28(18(3)15-27)16-21-10-7-9-20(12-21)13-24/h6-12,17-18H,1,13-16H2,2-5H3/b19-11+,22-8+,26-23?. The van der Waals surface area contributed by atoms with Crippen molar-refractivity contribution in [2.45, 2.75) is 45.3 Å². The van der Waals surface area contributed by atoms with Crippen LogP contribution in [0.3, 0.4) is 0 Å². The number of hydrogen-bond acceptors (Lipinski definition) is 3. The number of rotatable bonds is 6. The van der Waals surface area contributed by atoms with Crippen LogP contribution in [0.25, 0.3) is 0 Å². The number of alkyl halides is 1. The largest absolute Gasteiger partial charge is 0.348 e. The lowest BCUT2D eigenvalue weighted by molar-refractivity contribution is 0.0659. The summed E-state index contributed by atoms with van der Waals surface area (Å²) in [4.78, 5) is 10.6. The number of aliphatic imine (C=N–C) groups is 1. The lowest BCUT2D eigenvalue weighted by atomic mass is 10.1. The average Bonchev–Trinajstić information content (AvgIpc) is 2.69. The van der Waals surface area contributed by atoms with Crippen LogP contribution in [0.15, 0.2) is 64.0 Å². The van der Waals surface area contributed by atoms with Gasteiger partial charge in [0.05, 0.1) is 0 Å². The molecule has 0 spiro atoms. The third-order valence-corrected chi connectivity index (χ3v) is 6.55. The Kier molecular flexibility index (Phi) is 9.84. The zero-order valence-corrected chi connectivity index (χ0v) is 20.1. The van der Waals surface area contributed by atoms with Gasteiger partial charge >= 0.3 is 0 Å². The predicted octanol–water partition coefficient (Wildman–Crippen LogP) is 6.25. The van der Waals surface area contributed by atoms with Crippen LogP contribution < -0.4 is 0 Å². The molecule has 158 valence electrons. The molecule has 0 saturated carbocycles. The van der Waals surface area contributed by atoms with Gasteiger partial charge in [-0.1, -0.05) is 60.3 Å². The minimum absolute atomic E-state index is 0.421. The molecule has 2 unspecified atom stereocenters. The Balaban J connectivity index is 2.05. The number of amidine groups is 1. The maximum absolute atomic E-state index is 6.18. The van der Waals surface area contributed by atoms with E-state index in [2.05, 4.69) is 66.4 Å². The first-order valence-electron chi connectivity index (χ1n) is 9.83. The summed E-state index contributed by atoms with van der Waals surface area (Å²) < 4.78 is 0. The van der Waals surface area contributed by atoms with Crippen molar-refractivity contribution in [2.75, 3.05) is 20.1 Å². The van der Waals surface area contributed by atoms with Gasteiger partial charge in [-0.2, -0.15) is 0 Å². The Hall–Kier alpha value is -1.20. The summed E-state index contributed by atoms with van der Waals surface area (Å²) in [6, 6.07) is 9.41. The van der Waals surface area contributed by atoms with E-state index in [1.807, 2.05) is 13.1 Å². The molecule has 1 fully saturated rings. The number of thioether (sulfide) groups is 1. The van der Waals surface area contributed by atoms with Crippen LogP contribution in [0.5, 0.6) is 0 Å². The topological polar surface area (TPSA) is 18.8 Å². The van der Waals surface area contributed by atoms with E-state index >= 15 is 0 Å². The molecule has 6 heteroatoms. The highest BCUT2D eigenvalue weighted by Gasteiger charge is 2.31. The third-order valence-electron chi connectivity index (χ3n) is 4.94. The lowest BCUT2D eigenvalue weighted by Crippen LogP contribution is -2.57. The van der Waals surface area contributed by atoms with E-state index in [-0.39, 0.29) is 0 Å². The van der Waals surface area contributed by atoms with E-state index in [0.29, 0.717) is 23.0 Å². The molecule has 2 atom stereocenters. The molecule has 1 aliphatic heterocycles. The number of allylic oxidation sites excluding steroid dienone is 5. The average molecular weight is 452 g/mol. The van der Waals surface area contributed by atoms with E-state index in [0.717, 1.165) is 29.7 Å². The molecule has 3 nitrogen and oxygen atoms in total. The van der Waals surface area contributed by atoms with Gasteiger partial charge in [0.1, 0.15) is 0 Å². The van der Waals surface area contributed by atoms with Crippen LogP contribution in [0.2, 0.25) is 0 Å². The fraction of sp³-hybridized carbons (Fsp3) is 0.435. The highest BCUT2D eigenvalue weighted by molar-refractivity contribution is 8.17. The Morgan fingerprint density at radius 1 is 1.28 bits per heavy atom. The lowest BCUT2D eigenvalue weighted by Gasteiger charge is -2.45. The fourth-order valence-corrected chi connectivity index (χ4v) is 4.95. The van der Waals surface area contributed by atoms with Crippen LogP contribution in [0.4, 0.5) is 0 Å². The van der Waals surface area contributed by atoms with Crippen molar-refractivity contribution in [3.05, 3.63) is 70.1 Å². The van der Waals surface area contributed by atoms with Gasteiger partial charge in [-0.05, 0) is 49.0 Å².